The summed E-state index contributed by atoms with van der Waals surface area (Å²) in [4.78, 5) is 10.1. The van der Waals surface area contributed by atoms with Crippen LogP contribution in [0.25, 0.3) is 11.0 Å². The Morgan fingerprint density at radius 3 is 2.59 bits per heavy atom. The van der Waals surface area contributed by atoms with E-state index < -0.39 is 0 Å². The second-order valence-electron chi connectivity index (χ2n) is 5.87. The van der Waals surface area contributed by atoms with Crippen molar-refractivity contribution < 1.29 is 0 Å². The summed E-state index contributed by atoms with van der Waals surface area (Å²) >= 11 is 0. The van der Waals surface area contributed by atoms with Gasteiger partial charge in [-0.05, 0) is 31.8 Å². The SMILES string of the molecule is CN(C)Cc1c(C(C)(C)C)[nH]c2ncccc12. The van der Waals surface area contributed by atoms with E-state index in [9.17, 15) is 0 Å². The zero-order valence-corrected chi connectivity index (χ0v) is 11.3. The Hall–Kier alpha value is -1.35. The Kier molecular flexibility index (Phi) is 2.96. The molecule has 3 nitrogen and oxygen atoms in total. The highest BCUT2D eigenvalue weighted by Gasteiger charge is 2.22. The van der Waals surface area contributed by atoms with Gasteiger partial charge in [0.05, 0.1) is 0 Å². The molecule has 0 saturated carbocycles. The number of aromatic amines is 1. The molecule has 2 aromatic rings. The molecule has 0 aliphatic rings. The van der Waals surface area contributed by atoms with Gasteiger partial charge < -0.3 is 9.88 Å². The van der Waals surface area contributed by atoms with E-state index >= 15 is 0 Å². The molecule has 1 N–H and O–H groups in total. The van der Waals surface area contributed by atoms with Gasteiger partial charge in [-0.15, -0.1) is 0 Å². The smallest absolute Gasteiger partial charge is 0.137 e. The van der Waals surface area contributed by atoms with Crippen molar-refractivity contribution in [1.82, 2.24) is 14.9 Å². The van der Waals surface area contributed by atoms with Gasteiger partial charge in [0.15, 0.2) is 0 Å². The molecule has 0 aliphatic carbocycles. The zero-order chi connectivity index (χ0) is 12.6. The molecule has 0 bridgehead atoms. The summed E-state index contributed by atoms with van der Waals surface area (Å²) in [5, 5.41) is 1.24. The van der Waals surface area contributed by atoms with Crippen molar-refractivity contribution in [3.8, 4) is 0 Å². The maximum Gasteiger partial charge on any atom is 0.137 e. The zero-order valence-electron chi connectivity index (χ0n) is 11.3. The molecular weight excluding hydrogens is 210 g/mol. The third-order valence-corrected chi connectivity index (χ3v) is 2.90. The van der Waals surface area contributed by atoms with Crippen molar-refractivity contribution >= 4 is 11.0 Å². The van der Waals surface area contributed by atoms with Gasteiger partial charge in [0, 0.05) is 29.2 Å². The minimum atomic E-state index is 0.117. The molecule has 2 aromatic heterocycles. The van der Waals surface area contributed by atoms with Gasteiger partial charge in [-0.1, -0.05) is 20.8 Å². The normalized spacial score (nSPS) is 12.6. The fourth-order valence-corrected chi connectivity index (χ4v) is 2.20. The van der Waals surface area contributed by atoms with Crippen molar-refractivity contribution in [2.24, 2.45) is 0 Å². The minimum absolute atomic E-state index is 0.117. The summed E-state index contributed by atoms with van der Waals surface area (Å²) in [6, 6.07) is 4.15. The second-order valence-corrected chi connectivity index (χ2v) is 5.87. The van der Waals surface area contributed by atoms with E-state index in [-0.39, 0.29) is 5.41 Å². The molecule has 0 fully saturated rings. The lowest BCUT2D eigenvalue weighted by atomic mass is 9.89. The number of nitrogens with one attached hydrogen (secondary N) is 1. The molecule has 2 rings (SSSR count). The predicted octanol–water partition coefficient (Wildman–Crippen LogP) is 2.92. The number of nitrogens with zero attached hydrogens (tertiary/aromatic N) is 2. The quantitative estimate of drug-likeness (QED) is 0.861. The van der Waals surface area contributed by atoms with Crippen LogP contribution in [0, 0.1) is 0 Å². The molecule has 0 aliphatic heterocycles. The van der Waals surface area contributed by atoms with Crippen LogP contribution in [0.4, 0.5) is 0 Å². The van der Waals surface area contributed by atoms with Crippen molar-refractivity contribution in [1.29, 1.82) is 0 Å². The van der Waals surface area contributed by atoms with Crippen LogP contribution >= 0.6 is 0 Å². The first-order valence-corrected chi connectivity index (χ1v) is 6.00. The first-order chi connectivity index (χ1) is 7.89. The number of hydrogen-bond donors (Lipinski definition) is 1. The number of fused-ring (bicyclic) bond motifs is 1. The third-order valence-electron chi connectivity index (χ3n) is 2.90. The summed E-state index contributed by atoms with van der Waals surface area (Å²) in [6.45, 7) is 7.64. The molecule has 0 spiro atoms. The van der Waals surface area contributed by atoms with E-state index in [1.54, 1.807) is 0 Å². The summed E-state index contributed by atoms with van der Waals surface area (Å²) in [7, 11) is 4.20. The molecule has 0 unspecified atom stereocenters. The number of H-pyrrole nitrogens is 1. The Labute approximate surface area is 103 Å². The topological polar surface area (TPSA) is 31.9 Å². The van der Waals surface area contributed by atoms with E-state index in [1.165, 1.54) is 16.6 Å². The Morgan fingerprint density at radius 2 is 2.00 bits per heavy atom. The van der Waals surface area contributed by atoms with Crippen LogP contribution in [0.1, 0.15) is 32.0 Å². The van der Waals surface area contributed by atoms with Crippen molar-refractivity contribution in [2.45, 2.75) is 32.7 Å². The van der Waals surface area contributed by atoms with Gasteiger partial charge in [0.1, 0.15) is 5.65 Å². The van der Waals surface area contributed by atoms with E-state index in [1.807, 2.05) is 12.3 Å². The van der Waals surface area contributed by atoms with E-state index in [4.69, 9.17) is 0 Å². The van der Waals surface area contributed by atoms with Crippen LogP contribution in [-0.2, 0) is 12.0 Å². The average molecular weight is 231 g/mol. The summed E-state index contributed by atoms with van der Waals surface area (Å²) in [6.07, 6.45) is 1.84. The van der Waals surface area contributed by atoms with Crippen LogP contribution < -0.4 is 0 Å². The molecular formula is C14H21N3. The highest BCUT2D eigenvalue weighted by Crippen LogP contribution is 2.30. The lowest BCUT2D eigenvalue weighted by molar-refractivity contribution is 0.398. The van der Waals surface area contributed by atoms with Crippen molar-refractivity contribution in [2.75, 3.05) is 14.1 Å². The standard InChI is InChI=1S/C14H21N3/c1-14(2,3)12-11(9-17(4)5)10-7-6-8-15-13(10)16-12/h6-8H,9H2,1-5H3,(H,15,16). The molecule has 17 heavy (non-hydrogen) atoms. The van der Waals surface area contributed by atoms with Gasteiger partial charge in [0.2, 0.25) is 0 Å². The Bertz CT molecular complexity index is 518. The van der Waals surface area contributed by atoms with Crippen LogP contribution in [0.2, 0.25) is 0 Å². The molecule has 0 saturated heterocycles. The number of pyridine rings is 1. The maximum atomic E-state index is 4.41. The van der Waals surface area contributed by atoms with Gasteiger partial charge in [0.25, 0.3) is 0 Å². The van der Waals surface area contributed by atoms with E-state index in [2.05, 4.69) is 55.8 Å². The first kappa shape index (κ1) is 12.1. The third kappa shape index (κ3) is 2.34. The predicted molar refractivity (Wildman–Crippen MR) is 72.2 cm³/mol. The fourth-order valence-electron chi connectivity index (χ4n) is 2.20. The Morgan fingerprint density at radius 1 is 1.29 bits per heavy atom. The van der Waals surface area contributed by atoms with Gasteiger partial charge in [-0.3, -0.25) is 0 Å². The van der Waals surface area contributed by atoms with Crippen molar-refractivity contribution in [3.05, 3.63) is 29.6 Å². The molecule has 92 valence electrons. The summed E-state index contributed by atoms with van der Waals surface area (Å²) in [5.41, 5.74) is 3.77. The average Bonchev–Trinajstić information content (AvgIpc) is 2.56. The second kappa shape index (κ2) is 4.15. The van der Waals surface area contributed by atoms with E-state index in [0.29, 0.717) is 0 Å². The number of aromatic nitrogens is 2. The van der Waals surface area contributed by atoms with Crippen LogP contribution in [0.5, 0.6) is 0 Å². The van der Waals surface area contributed by atoms with Gasteiger partial charge in [-0.25, -0.2) is 4.98 Å². The largest absolute Gasteiger partial charge is 0.342 e. The first-order valence-electron chi connectivity index (χ1n) is 6.00. The van der Waals surface area contributed by atoms with Crippen LogP contribution in [0.15, 0.2) is 18.3 Å². The maximum absolute atomic E-state index is 4.41. The van der Waals surface area contributed by atoms with Crippen LogP contribution in [-0.4, -0.2) is 29.0 Å². The van der Waals surface area contributed by atoms with Gasteiger partial charge in [-0.2, -0.15) is 0 Å². The molecule has 0 amide bonds. The highest BCUT2D eigenvalue weighted by molar-refractivity contribution is 5.81. The highest BCUT2D eigenvalue weighted by atomic mass is 15.1. The molecule has 0 radical (unpaired) electrons. The number of rotatable bonds is 2. The molecule has 2 heterocycles. The molecule has 3 heteroatoms. The Balaban J connectivity index is 2.65. The summed E-state index contributed by atoms with van der Waals surface area (Å²) in [5.74, 6) is 0. The van der Waals surface area contributed by atoms with E-state index in [0.717, 1.165) is 12.2 Å². The van der Waals surface area contributed by atoms with Crippen LogP contribution in [0.3, 0.4) is 0 Å². The monoisotopic (exact) mass is 231 g/mol. The van der Waals surface area contributed by atoms with Gasteiger partial charge >= 0.3 is 0 Å². The number of hydrogen-bond acceptors (Lipinski definition) is 2. The fraction of sp³-hybridized carbons (Fsp3) is 0.500. The molecule has 0 atom stereocenters. The lowest BCUT2D eigenvalue weighted by Crippen LogP contribution is -2.18. The molecule has 0 aromatic carbocycles. The minimum Gasteiger partial charge on any atom is -0.342 e. The van der Waals surface area contributed by atoms with Crippen molar-refractivity contribution in [3.63, 3.8) is 0 Å². The lowest BCUT2D eigenvalue weighted by Gasteiger charge is -2.21. The summed E-state index contributed by atoms with van der Waals surface area (Å²) < 4.78 is 0.